The molecule has 0 saturated heterocycles. The number of rotatable bonds is 7. The topological polar surface area (TPSA) is 57.6 Å². The standard InChI is InChI=1S/C19H21NO3/c1-2-15-8-10-16(11-9-15)12-18(21)20(14-19(22)23)13-17-6-4-3-5-7-17/h3-11H,2,12-14H2,1H3,(H,22,23). The zero-order valence-corrected chi connectivity index (χ0v) is 13.2. The van der Waals surface area contributed by atoms with E-state index in [0.717, 1.165) is 17.5 Å². The van der Waals surface area contributed by atoms with Gasteiger partial charge in [0.1, 0.15) is 6.54 Å². The van der Waals surface area contributed by atoms with Crippen molar-refractivity contribution in [1.82, 2.24) is 4.90 Å². The molecule has 0 atom stereocenters. The Kier molecular flexibility index (Phi) is 5.92. The van der Waals surface area contributed by atoms with Gasteiger partial charge in [-0.3, -0.25) is 9.59 Å². The lowest BCUT2D eigenvalue weighted by Gasteiger charge is -2.21. The van der Waals surface area contributed by atoms with Crippen molar-refractivity contribution in [3.8, 4) is 0 Å². The molecular formula is C19H21NO3. The molecule has 2 aromatic rings. The van der Waals surface area contributed by atoms with Crippen molar-refractivity contribution in [2.75, 3.05) is 6.54 Å². The van der Waals surface area contributed by atoms with Crippen molar-refractivity contribution >= 4 is 11.9 Å². The molecule has 0 saturated carbocycles. The molecule has 4 nitrogen and oxygen atoms in total. The second-order valence-electron chi connectivity index (χ2n) is 5.48. The van der Waals surface area contributed by atoms with Crippen LogP contribution in [0.25, 0.3) is 0 Å². The average Bonchev–Trinajstić information content (AvgIpc) is 2.55. The second kappa shape index (κ2) is 8.13. The molecule has 0 spiro atoms. The van der Waals surface area contributed by atoms with Crippen LogP contribution in [0.3, 0.4) is 0 Å². The summed E-state index contributed by atoms with van der Waals surface area (Å²) in [6.07, 6.45) is 1.16. The minimum atomic E-state index is -1.00. The number of hydrogen-bond donors (Lipinski definition) is 1. The maximum absolute atomic E-state index is 12.5. The highest BCUT2D eigenvalue weighted by Gasteiger charge is 2.17. The molecule has 0 aliphatic heterocycles. The third-order valence-corrected chi connectivity index (χ3v) is 3.68. The SMILES string of the molecule is CCc1ccc(CC(=O)N(CC(=O)O)Cc2ccccc2)cc1. The molecule has 1 N–H and O–H groups in total. The molecule has 4 heteroatoms. The number of benzene rings is 2. The van der Waals surface area contributed by atoms with E-state index in [1.807, 2.05) is 54.6 Å². The summed E-state index contributed by atoms with van der Waals surface area (Å²) in [5.74, 6) is -1.18. The van der Waals surface area contributed by atoms with E-state index in [0.29, 0.717) is 6.54 Å². The van der Waals surface area contributed by atoms with Crippen LogP contribution >= 0.6 is 0 Å². The van der Waals surface area contributed by atoms with E-state index in [-0.39, 0.29) is 18.9 Å². The monoisotopic (exact) mass is 311 g/mol. The summed E-state index contributed by atoms with van der Waals surface area (Å²) >= 11 is 0. The third kappa shape index (κ3) is 5.25. The first kappa shape index (κ1) is 16.7. The Morgan fingerprint density at radius 2 is 1.52 bits per heavy atom. The summed E-state index contributed by atoms with van der Waals surface area (Å²) in [5, 5.41) is 9.05. The molecule has 0 bridgehead atoms. The van der Waals surface area contributed by atoms with Crippen LogP contribution < -0.4 is 0 Å². The van der Waals surface area contributed by atoms with Gasteiger partial charge in [-0.05, 0) is 23.1 Å². The van der Waals surface area contributed by atoms with Gasteiger partial charge in [-0.25, -0.2) is 0 Å². The van der Waals surface area contributed by atoms with Gasteiger partial charge < -0.3 is 10.0 Å². The van der Waals surface area contributed by atoms with Gasteiger partial charge in [0.15, 0.2) is 0 Å². The van der Waals surface area contributed by atoms with Crippen molar-refractivity contribution in [3.05, 3.63) is 71.3 Å². The van der Waals surface area contributed by atoms with Gasteiger partial charge >= 0.3 is 5.97 Å². The van der Waals surface area contributed by atoms with Gasteiger partial charge in [0.05, 0.1) is 6.42 Å². The Labute approximate surface area is 136 Å². The molecule has 0 aromatic heterocycles. The highest BCUT2D eigenvalue weighted by molar-refractivity contribution is 5.83. The molecular weight excluding hydrogens is 290 g/mol. The molecule has 0 aliphatic carbocycles. The number of hydrogen-bond acceptors (Lipinski definition) is 2. The largest absolute Gasteiger partial charge is 0.480 e. The number of aryl methyl sites for hydroxylation is 1. The lowest BCUT2D eigenvalue weighted by Crippen LogP contribution is -2.36. The third-order valence-electron chi connectivity index (χ3n) is 3.68. The normalized spacial score (nSPS) is 10.3. The van der Waals surface area contributed by atoms with E-state index in [1.165, 1.54) is 10.5 Å². The molecule has 1 amide bonds. The molecule has 120 valence electrons. The van der Waals surface area contributed by atoms with Crippen LogP contribution in [0.5, 0.6) is 0 Å². The average molecular weight is 311 g/mol. The lowest BCUT2D eigenvalue weighted by atomic mass is 10.1. The van der Waals surface area contributed by atoms with Crippen LogP contribution in [0.4, 0.5) is 0 Å². The van der Waals surface area contributed by atoms with Gasteiger partial charge in [0, 0.05) is 6.54 Å². The van der Waals surface area contributed by atoms with E-state index in [9.17, 15) is 9.59 Å². The van der Waals surface area contributed by atoms with Gasteiger partial charge in [-0.15, -0.1) is 0 Å². The van der Waals surface area contributed by atoms with Crippen LogP contribution in [0.2, 0.25) is 0 Å². The van der Waals surface area contributed by atoms with E-state index in [1.54, 1.807) is 0 Å². The van der Waals surface area contributed by atoms with Crippen LogP contribution in [-0.2, 0) is 29.0 Å². The maximum atomic E-state index is 12.5. The molecule has 0 radical (unpaired) electrons. The van der Waals surface area contributed by atoms with Gasteiger partial charge in [0.25, 0.3) is 0 Å². The van der Waals surface area contributed by atoms with Crippen LogP contribution in [0.1, 0.15) is 23.6 Å². The fourth-order valence-electron chi connectivity index (χ4n) is 2.38. The minimum absolute atomic E-state index is 0.180. The first-order valence-electron chi connectivity index (χ1n) is 7.69. The molecule has 23 heavy (non-hydrogen) atoms. The van der Waals surface area contributed by atoms with Gasteiger partial charge in [-0.2, -0.15) is 0 Å². The number of aliphatic carboxylic acids is 1. The highest BCUT2D eigenvalue weighted by atomic mass is 16.4. The van der Waals surface area contributed by atoms with Crippen LogP contribution in [0.15, 0.2) is 54.6 Å². The van der Waals surface area contributed by atoms with Crippen LogP contribution in [0, 0.1) is 0 Å². The molecule has 2 aromatic carbocycles. The van der Waals surface area contributed by atoms with Crippen molar-refractivity contribution in [1.29, 1.82) is 0 Å². The second-order valence-corrected chi connectivity index (χ2v) is 5.48. The van der Waals surface area contributed by atoms with Gasteiger partial charge in [-0.1, -0.05) is 61.5 Å². The number of carbonyl (C=O) groups is 2. The summed E-state index contributed by atoms with van der Waals surface area (Å²) in [4.78, 5) is 24.9. The van der Waals surface area contributed by atoms with Crippen molar-refractivity contribution in [2.45, 2.75) is 26.3 Å². The summed E-state index contributed by atoms with van der Waals surface area (Å²) in [6.45, 7) is 2.09. The number of carbonyl (C=O) groups excluding carboxylic acids is 1. The van der Waals surface area contributed by atoms with Crippen molar-refractivity contribution in [3.63, 3.8) is 0 Å². The summed E-state index contributed by atoms with van der Waals surface area (Å²) in [7, 11) is 0. The van der Waals surface area contributed by atoms with E-state index >= 15 is 0 Å². The quantitative estimate of drug-likeness (QED) is 0.855. The number of carboxylic acid groups (broad SMARTS) is 1. The highest BCUT2D eigenvalue weighted by Crippen LogP contribution is 2.10. The predicted octanol–water partition coefficient (Wildman–Crippen LogP) is 2.90. The van der Waals surface area contributed by atoms with Crippen molar-refractivity contribution in [2.24, 2.45) is 0 Å². The molecule has 0 fully saturated rings. The Balaban J connectivity index is 2.07. The zero-order valence-electron chi connectivity index (χ0n) is 13.2. The van der Waals surface area contributed by atoms with Crippen LogP contribution in [-0.4, -0.2) is 28.4 Å². The number of amides is 1. The molecule has 0 unspecified atom stereocenters. The Hall–Kier alpha value is -2.62. The maximum Gasteiger partial charge on any atom is 0.323 e. The fraction of sp³-hybridized carbons (Fsp3) is 0.263. The summed E-state index contributed by atoms with van der Waals surface area (Å²) < 4.78 is 0. The molecule has 2 rings (SSSR count). The molecule has 0 heterocycles. The lowest BCUT2D eigenvalue weighted by molar-refractivity contribution is -0.144. The number of carboxylic acids is 1. The molecule has 0 aliphatic rings. The number of nitrogens with zero attached hydrogens (tertiary/aromatic N) is 1. The first-order valence-corrected chi connectivity index (χ1v) is 7.69. The van der Waals surface area contributed by atoms with E-state index in [4.69, 9.17) is 5.11 Å². The van der Waals surface area contributed by atoms with Crippen molar-refractivity contribution < 1.29 is 14.7 Å². The summed E-state index contributed by atoms with van der Waals surface area (Å²) in [5.41, 5.74) is 3.03. The minimum Gasteiger partial charge on any atom is -0.480 e. The van der Waals surface area contributed by atoms with Gasteiger partial charge in [0.2, 0.25) is 5.91 Å². The predicted molar refractivity (Wildman–Crippen MR) is 89.0 cm³/mol. The zero-order chi connectivity index (χ0) is 16.7. The Morgan fingerprint density at radius 3 is 2.09 bits per heavy atom. The van der Waals surface area contributed by atoms with E-state index in [2.05, 4.69) is 6.92 Å². The summed E-state index contributed by atoms with van der Waals surface area (Å²) in [6, 6.07) is 17.3. The fourth-order valence-corrected chi connectivity index (χ4v) is 2.38. The first-order chi connectivity index (χ1) is 11.1. The Bertz CT molecular complexity index is 650. The smallest absolute Gasteiger partial charge is 0.323 e. The Morgan fingerprint density at radius 1 is 0.913 bits per heavy atom. The van der Waals surface area contributed by atoms with E-state index < -0.39 is 5.97 Å².